The van der Waals surface area contributed by atoms with E-state index in [9.17, 15) is 14.3 Å². The molecule has 6 heterocycles. The van der Waals surface area contributed by atoms with Crippen molar-refractivity contribution in [1.29, 1.82) is 0 Å². The van der Waals surface area contributed by atoms with Crippen molar-refractivity contribution in [3.05, 3.63) is 69.3 Å². The van der Waals surface area contributed by atoms with Crippen LogP contribution in [0.3, 0.4) is 0 Å². The van der Waals surface area contributed by atoms with E-state index in [1.807, 2.05) is 23.6 Å². The van der Waals surface area contributed by atoms with E-state index in [-0.39, 0.29) is 29.9 Å². The second kappa shape index (κ2) is 9.75. The van der Waals surface area contributed by atoms with Crippen LogP contribution >= 0.6 is 11.3 Å². The van der Waals surface area contributed by atoms with Crippen LogP contribution in [0.2, 0.25) is 0 Å². The molecule has 0 amide bonds. The average Bonchev–Trinajstić information content (AvgIpc) is 3.62. The first kappa shape index (κ1) is 24.4. The Labute approximate surface area is 217 Å². The van der Waals surface area contributed by atoms with Crippen molar-refractivity contribution in [3.63, 3.8) is 0 Å². The molecular weight excluding hydrogens is 495 g/mol. The van der Waals surface area contributed by atoms with Crippen molar-refractivity contribution in [1.82, 2.24) is 20.0 Å². The molecule has 0 unspecified atom stereocenters. The summed E-state index contributed by atoms with van der Waals surface area (Å²) in [5.74, 6) is 0.352. The van der Waals surface area contributed by atoms with Crippen molar-refractivity contribution in [2.75, 3.05) is 13.2 Å². The molecule has 2 bridgehead atoms. The van der Waals surface area contributed by atoms with Gasteiger partial charge in [0.15, 0.2) is 5.76 Å². The number of aliphatic hydroxyl groups is 1. The SMILES string of the molecule is O=c1ccc2ncc(F)c(CCC34CCC(NCc5cc(-c6cccs6)on5)(CC3)CO4)c2n1CCO. The van der Waals surface area contributed by atoms with Gasteiger partial charge in [0.2, 0.25) is 0 Å². The summed E-state index contributed by atoms with van der Waals surface area (Å²) in [5, 5.41) is 19.4. The number of hydrogen-bond donors (Lipinski definition) is 2. The maximum Gasteiger partial charge on any atom is 0.251 e. The minimum Gasteiger partial charge on any atom is -0.395 e. The van der Waals surface area contributed by atoms with Crippen LogP contribution in [-0.4, -0.2) is 44.2 Å². The average molecular weight is 525 g/mol. The lowest BCUT2D eigenvalue weighted by Crippen LogP contribution is -2.61. The van der Waals surface area contributed by atoms with E-state index in [1.54, 1.807) is 17.4 Å². The fourth-order valence-corrected chi connectivity index (χ4v) is 6.41. The van der Waals surface area contributed by atoms with Crippen molar-refractivity contribution in [2.45, 2.75) is 62.8 Å². The third kappa shape index (κ3) is 4.63. The molecule has 2 N–H and O–H groups in total. The highest BCUT2D eigenvalue weighted by molar-refractivity contribution is 7.13. The first-order valence-electron chi connectivity index (χ1n) is 12.7. The van der Waals surface area contributed by atoms with Crippen molar-refractivity contribution in [2.24, 2.45) is 0 Å². The summed E-state index contributed by atoms with van der Waals surface area (Å²) in [7, 11) is 0. The number of rotatable bonds is 9. The summed E-state index contributed by atoms with van der Waals surface area (Å²) in [6, 6.07) is 9.01. The number of nitrogens with one attached hydrogen (secondary N) is 1. The first-order chi connectivity index (χ1) is 18.0. The predicted molar refractivity (Wildman–Crippen MR) is 138 cm³/mol. The molecule has 0 atom stereocenters. The van der Waals surface area contributed by atoms with E-state index in [1.165, 1.54) is 16.8 Å². The van der Waals surface area contributed by atoms with Gasteiger partial charge in [-0.25, -0.2) is 4.39 Å². The van der Waals surface area contributed by atoms with Crippen LogP contribution in [0, 0.1) is 5.82 Å². The molecule has 7 rings (SSSR count). The molecule has 1 aliphatic carbocycles. The van der Waals surface area contributed by atoms with Gasteiger partial charge in [-0.2, -0.15) is 0 Å². The first-order valence-corrected chi connectivity index (χ1v) is 13.5. The summed E-state index contributed by atoms with van der Waals surface area (Å²) in [6.07, 6.45) is 6.02. The number of thiophene rings is 1. The molecule has 0 radical (unpaired) electrons. The number of fused-ring (bicyclic) bond motifs is 4. The van der Waals surface area contributed by atoms with Gasteiger partial charge >= 0.3 is 0 Å². The van der Waals surface area contributed by atoms with Gasteiger partial charge in [-0.15, -0.1) is 11.3 Å². The minimum absolute atomic E-state index is 0.0972. The van der Waals surface area contributed by atoms with E-state index in [0.29, 0.717) is 42.6 Å². The number of hydrogen-bond acceptors (Lipinski definition) is 8. The Kier molecular flexibility index (Phi) is 6.44. The van der Waals surface area contributed by atoms with Crippen LogP contribution in [0.25, 0.3) is 21.7 Å². The van der Waals surface area contributed by atoms with Crippen LogP contribution in [0.5, 0.6) is 0 Å². The van der Waals surface area contributed by atoms with Gasteiger partial charge in [0, 0.05) is 36.3 Å². The highest BCUT2D eigenvalue weighted by Crippen LogP contribution is 2.46. The Morgan fingerprint density at radius 3 is 2.81 bits per heavy atom. The predicted octanol–water partition coefficient (Wildman–Crippen LogP) is 4.05. The molecule has 0 aromatic carbocycles. The monoisotopic (exact) mass is 524 g/mol. The molecule has 1 saturated carbocycles. The van der Waals surface area contributed by atoms with Gasteiger partial charge in [-0.3, -0.25) is 9.78 Å². The lowest BCUT2D eigenvalue weighted by atomic mass is 9.69. The quantitative estimate of drug-likeness (QED) is 0.341. The molecule has 37 heavy (non-hydrogen) atoms. The normalized spacial score (nSPS) is 23.2. The van der Waals surface area contributed by atoms with Crippen LogP contribution in [0.4, 0.5) is 4.39 Å². The Morgan fingerprint density at radius 2 is 2.08 bits per heavy atom. The third-order valence-electron chi connectivity index (χ3n) is 7.95. The number of nitrogens with zero attached hydrogens (tertiary/aromatic N) is 3. The van der Waals surface area contributed by atoms with Gasteiger partial charge in [0.1, 0.15) is 5.82 Å². The smallest absolute Gasteiger partial charge is 0.251 e. The second-order valence-corrected chi connectivity index (χ2v) is 11.1. The molecule has 2 saturated heterocycles. The Hall–Kier alpha value is -2.92. The summed E-state index contributed by atoms with van der Waals surface area (Å²) < 4.78 is 28.3. The van der Waals surface area contributed by atoms with Crippen molar-refractivity contribution < 1.29 is 18.8 Å². The zero-order valence-corrected chi connectivity index (χ0v) is 21.2. The van der Waals surface area contributed by atoms with Crippen LogP contribution < -0.4 is 10.9 Å². The van der Waals surface area contributed by atoms with Crippen molar-refractivity contribution in [3.8, 4) is 10.6 Å². The zero-order valence-electron chi connectivity index (χ0n) is 20.4. The molecule has 4 aromatic rings. The van der Waals surface area contributed by atoms with E-state index < -0.39 is 5.82 Å². The highest BCUT2D eigenvalue weighted by Gasteiger charge is 2.49. The van der Waals surface area contributed by atoms with Gasteiger partial charge in [-0.1, -0.05) is 11.2 Å². The molecular formula is C27H29FN4O4S. The van der Waals surface area contributed by atoms with Gasteiger partial charge in [-0.05, 0) is 56.0 Å². The summed E-state index contributed by atoms with van der Waals surface area (Å²) in [4.78, 5) is 17.7. The lowest BCUT2D eigenvalue weighted by Gasteiger charge is -2.53. The lowest BCUT2D eigenvalue weighted by molar-refractivity contribution is -0.165. The number of aromatic nitrogens is 3. The molecule has 2 aliphatic heterocycles. The highest BCUT2D eigenvalue weighted by atomic mass is 32.1. The molecule has 194 valence electrons. The maximum atomic E-state index is 15.0. The molecule has 3 fully saturated rings. The van der Waals surface area contributed by atoms with Crippen LogP contribution in [0.1, 0.15) is 43.4 Å². The van der Waals surface area contributed by atoms with E-state index >= 15 is 0 Å². The summed E-state index contributed by atoms with van der Waals surface area (Å²) in [5.41, 5.74) is 1.67. The molecule has 3 aliphatic rings. The fraction of sp³-hybridized carbons (Fsp3) is 0.444. The van der Waals surface area contributed by atoms with Crippen molar-refractivity contribution >= 4 is 22.4 Å². The standard InChI is InChI=1S/C27H29FN4O4S/c28-20-16-29-21-3-4-24(34)32(11-12-33)25(21)19(20)5-6-27-9-7-26(8-10-27,17-35-27)30-15-18-14-22(36-31-18)23-2-1-13-37-23/h1-4,13-14,16,30,33H,5-12,15,17H2. The molecule has 8 nitrogen and oxygen atoms in total. The van der Waals surface area contributed by atoms with Gasteiger partial charge < -0.3 is 24.3 Å². The zero-order chi connectivity index (χ0) is 25.5. The number of ether oxygens (including phenoxy) is 1. The number of aliphatic hydroxyl groups excluding tert-OH is 1. The summed E-state index contributed by atoms with van der Waals surface area (Å²) in [6.45, 7) is 1.10. The number of aryl methyl sites for hydroxylation is 1. The van der Waals surface area contributed by atoms with Crippen LogP contribution in [-0.2, 0) is 24.2 Å². The fourth-order valence-electron chi connectivity index (χ4n) is 5.74. The Bertz CT molecular complexity index is 1440. The van der Waals surface area contributed by atoms with Gasteiger partial charge in [0.05, 0.1) is 46.6 Å². The number of halogens is 1. The topological polar surface area (TPSA) is 102 Å². The second-order valence-electron chi connectivity index (χ2n) is 10.1. The van der Waals surface area contributed by atoms with E-state index in [4.69, 9.17) is 9.26 Å². The molecule has 0 spiro atoms. The Morgan fingerprint density at radius 1 is 1.22 bits per heavy atom. The summed E-state index contributed by atoms with van der Waals surface area (Å²) >= 11 is 1.62. The van der Waals surface area contributed by atoms with Gasteiger partial charge in [0.25, 0.3) is 5.56 Å². The third-order valence-corrected chi connectivity index (χ3v) is 8.83. The Balaban J connectivity index is 1.12. The van der Waals surface area contributed by atoms with Crippen LogP contribution in [0.15, 0.2) is 51.2 Å². The molecule has 4 aromatic heterocycles. The van der Waals surface area contributed by atoms with E-state index in [0.717, 1.165) is 42.0 Å². The van der Waals surface area contributed by atoms with E-state index in [2.05, 4.69) is 15.5 Å². The number of pyridine rings is 2. The largest absolute Gasteiger partial charge is 0.395 e. The maximum absolute atomic E-state index is 15.0. The molecule has 10 heteroatoms. The minimum atomic E-state index is -0.432.